The zero-order chi connectivity index (χ0) is 14.7. The summed E-state index contributed by atoms with van der Waals surface area (Å²) in [6.45, 7) is 2.59. The summed E-state index contributed by atoms with van der Waals surface area (Å²) in [5.74, 6) is 0.411. The number of hydrogen-bond donors (Lipinski definition) is 1. The van der Waals surface area contributed by atoms with Crippen molar-refractivity contribution in [1.82, 2.24) is 15.4 Å². The summed E-state index contributed by atoms with van der Waals surface area (Å²) in [7, 11) is 1.59. The van der Waals surface area contributed by atoms with Gasteiger partial charge < -0.3 is 9.47 Å². The number of rotatable bonds is 3. The highest BCUT2D eigenvalue weighted by Crippen LogP contribution is 2.24. The van der Waals surface area contributed by atoms with Gasteiger partial charge >= 0.3 is 0 Å². The van der Waals surface area contributed by atoms with Gasteiger partial charge in [0.1, 0.15) is 11.4 Å². The van der Waals surface area contributed by atoms with Crippen molar-refractivity contribution in [2.24, 2.45) is 0 Å². The molecule has 0 saturated carbocycles. The second-order valence-corrected chi connectivity index (χ2v) is 4.77. The average molecular weight is 287 g/mol. The van der Waals surface area contributed by atoms with E-state index < -0.39 is 0 Å². The number of pyridine rings is 1. The zero-order valence-electron chi connectivity index (χ0n) is 11.8. The first-order valence-electron chi connectivity index (χ1n) is 6.85. The summed E-state index contributed by atoms with van der Waals surface area (Å²) in [4.78, 5) is 16.7. The van der Waals surface area contributed by atoms with E-state index in [1.807, 2.05) is 29.3 Å². The number of amides is 1. The van der Waals surface area contributed by atoms with E-state index in [9.17, 15) is 4.79 Å². The number of nitrogens with zero attached hydrogens (tertiary/aromatic N) is 2. The highest BCUT2D eigenvalue weighted by Gasteiger charge is 2.17. The Morgan fingerprint density at radius 2 is 2.10 bits per heavy atom. The van der Waals surface area contributed by atoms with Gasteiger partial charge in [-0.15, -0.1) is 0 Å². The average Bonchev–Trinajstić information content (AvgIpc) is 2.54. The number of ether oxygens (including phenoxy) is 2. The normalized spacial score (nSPS) is 15.9. The van der Waals surface area contributed by atoms with Crippen LogP contribution >= 0.6 is 0 Å². The van der Waals surface area contributed by atoms with Crippen molar-refractivity contribution in [2.75, 3.05) is 33.4 Å². The molecule has 1 fully saturated rings. The summed E-state index contributed by atoms with van der Waals surface area (Å²) >= 11 is 0. The van der Waals surface area contributed by atoms with Gasteiger partial charge in [0.2, 0.25) is 0 Å². The van der Waals surface area contributed by atoms with Crippen LogP contribution in [0.4, 0.5) is 0 Å². The number of morpholine rings is 1. The minimum atomic E-state index is -0.235. The Kier molecular flexibility index (Phi) is 3.98. The van der Waals surface area contributed by atoms with Crippen LogP contribution in [0.2, 0.25) is 0 Å². The van der Waals surface area contributed by atoms with Crippen LogP contribution in [0.15, 0.2) is 30.3 Å². The van der Waals surface area contributed by atoms with E-state index in [0.29, 0.717) is 37.7 Å². The molecule has 0 aliphatic carbocycles. The van der Waals surface area contributed by atoms with Crippen LogP contribution in [0.5, 0.6) is 5.75 Å². The van der Waals surface area contributed by atoms with E-state index in [2.05, 4.69) is 10.4 Å². The third kappa shape index (κ3) is 2.96. The third-order valence-corrected chi connectivity index (χ3v) is 3.40. The molecule has 21 heavy (non-hydrogen) atoms. The van der Waals surface area contributed by atoms with Crippen LogP contribution in [0.3, 0.4) is 0 Å². The number of carbonyl (C=O) groups excluding carboxylic acids is 1. The van der Waals surface area contributed by atoms with Crippen LogP contribution in [0.1, 0.15) is 10.5 Å². The van der Waals surface area contributed by atoms with Crippen molar-refractivity contribution in [3.63, 3.8) is 0 Å². The Morgan fingerprint density at radius 1 is 1.33 bits per heavy atom. The van der Waals surface area contributed by atoms with Crippen molar-refractivity contribution < 1.29 is 14.3 Å². The summed E-state index contributed by atoms with van der Waals surface area (Å²) in [5, 5.41) is 2.73. The van der Waals surface area contributed by atoms with Gasteiger partial charge in [0.05, 0.1) is 25.8 Å². The maximum absolute atomic E-state index is 12.3. The molecule has 1 aliphatic rings. The van der Waals surface area contributed by atoms with Gasteiger partial charge in [-0.05, 0) is 12.1 Å². The molecule has 0 radical (unpaired) electrons. The number of methoxy groups -OCH3 is 1. The van der Waals surface area contributed by atoms with E-state index in [0.717, 1.165) is 10.9 Å². The van der Waals surface area contributed by atoms with Crippen LogP contribution in [0.25, 0.3) is 10.9 Å². The number of nitrogens with one attached hydrogen (secondary N) is 1. The van der Waals surface area contributed by atoms with Crippen molar-refractivity contribution in [3.05, 3.63) is 36.0 Å². The highest BCUT2D eigenvalue weighted by atomic mass is 16.5. The Hall–Kier alpha value is -2.18. The number of carbonyl (C=O) groups is 1. The minimum Gasteiger partial charge on any atom is -0.496 e. The first kappa shape index (κ1) is 13.8. The molecule has 110 valence electrons. The van der Waals surface area contributed by atoms with Gasteiger partial charge in [-0.3, -0.25) is 10.2 Å². The smallest absolute Gasteiger partial charge is 0.284 e. The lowest BCUT2D eigenvalue weighted by Gasteiger charge is -2.26. The summed E-state index contributed by atoms with van der Waals surface area (Å²) < 4.78 is 10.6. The van der Waals surface area contributed by atoms with Crippen molar-refractivity contribution >= 4 is 16.8 Å². The van der Waals surface area contributed by atoms with Gasteiger partial charge in [-0.2, -0.15) is 0 Å². The molecule has 2 heterocycles. The number of para-hydroxylation sites is 1. The quantitative estimate of drug-likeness (QED) is 0.919. The number of aromatic nitrogens is 1. The Balaban J connectivity index is 1.87. The topological polar surface area (TPSA) is 63.7 Å². The molecule has 6 heteroatoms. The summed E-state index contributed by atoms with van der Waals surface area (Å²) in [5.41, 5.74) is 3.93. The molecule has 0 unspecified atom stereocenters. The monoisotopic (exact) mass is 287 g/mol. The lowest BCUT2D eigenvalue weighted by Crippen LogP contribution is -2.48. The van der Waals surface area contributed by atoms with E-state index in [1.54, 1.807) is 13.2 Å². The zero-order valence-corrected chi connectivity index (χ0v) is 11.8. The molecule has 1 saturated heterocycles. The number of benzene rings is 1. The molecule has 0 atom stereocenters. The fraction of sp³-hybridized carbons (Fsp3) is 0.333. The predicted molar refractivity (Wildman–Crippen MR) is 78.2 cm³/mol. The number of fused-ring (bicyclic) bond motifs is 1. The lowest BCUT2D eigenvalue weighted by molar-refractivity contribution is 0.0124. The third-order valence-electron chi connectivity index (χ3n) is 3.40. The molecule has 1 N–H and O–H groups in total. The molecular weight excluding hydrogens is 270 g/mol. The summed E-state index contributed by atoms with van der Waals surface area (Å²) in [6, 6.07) is 9.25. The Bertz CT molecular complexity index is 654. The fourth-order valence-electron chi connectivity index (χ4n) is 2.30. The minimum absolute atomic E-state index is 0.235. The molecule has 3 rings (SSSR count). The van der Waals surface area contributed by atoms with Gasteiger partial charge in [0, 0.05) is 24.5 Å². The standard InChI is InChI=1S/C15H17N3O3/c1-20-14-10-13(16-12-5-3-2-4-11(12)14)15(19)17-18-6-8-21-9-7-18/h2-5,10H,6-9H2,1H3,(H,17,19). The van der Waals surface area contributed by atoms with E-state index >= 15 is 0 Å². The maximum atomic E-state index is 12.3. The van der Waals surface area contributed by atoms with Crippen molar-refractivity contribution in [3.8, 4) is 5.75 Å². The second-order valence-electron chi connectivity index (χ2n) is 4.77. The first-order chi connectivity index (χ1) is 10.3. The summed E-state index contributed by atoms with van der Waals surface area (Å²) in [6.07, 6.45) is 0. The maximum Gasteiger partial charge on any atom is 0.284 e. The molecular formula is C15H17N3O3. The van der Waals surface area contributed by atoms with Crippen LogP contribution in [-0.4, -0.2) is 49.3 Å². The molecule has 1 aromatic heterocycles. The number of hydrogen-bond acceptors (Lipinski definition) is 5. The highest BCUT2D eigenvalue weighted by molar-refractivity contribution is 5.96. The van der Waals surface area contributed by atoms with Crippen LogP contribution < -0.4 is 10.2 Å². The number of hydrazine groups is 1. The van der Waals surface area contributed by atoms with Crippen LogP contribution in [0, 0.1) is 0 Å². The van der Waals surface area contributed by atoms with Crippen molar-refractivity contribution in [1.29, 1.82) is 0 Å². The molecule has 0 spiro atoms. The Labute approximate surface area is 122 Å². The van der Waals surface area contributed by atoms with Gasteiger partial charge in [0.25, 0.3) is 5.91 Å². The molecule has 2 aromatic rings. The van der Waals surface area contributed by atoms with Crippen molar-refractivity contribution in [2.45, 2.75) is 0 Å². The van der Waals surface area contributed by atoms with Crippen LogP contribution in [-0.2, 0) is 4.74 Å². The largest absolute Gasteiger partial charge is 0.496 e. The van der Waals surface area contributed by atoms with Gasteiger partial charge in [0.15, 0.2) is 0 Å². The van der Waals surface area contributed by atoms with E-state index in [1.165, 1.54) is 0 Å². The first-order valence-corrected chi connectivity index (χ1v) is 6.85. The Morgan fingerprint density at radius 3 is 2.86 bits per heavy atom. The van der Waals surface area contributed by atoms with E-state index in [4.69, 9.17) is 9.47 Å². The fourth-order valence-corrected chi connectivity index (χ4v) is 2.30. The molecule has 1 aromatic carbocycles. The van der Waals surface area contributed by atoms with E-state index in [-0.39, 0.29) is 5.91 Å². The second kappa shape index (κ2) is 6.07. The molecule has 6 nitrogen and oxygen atoms in total. The molecule has 0 bridgehead atoms. The van der Waals surface area contributed by atoms with Gasteiger partial charge in [-0.25, -0.2) is 9.99 Å². The molecule has 1 aliphatic heterocycles. The van der Waals surface area contributed by atoms with Gasteiger partial charge in [-0.1, -0.05) is 12.1 Å². The predicted octanol–water partition coefficient (Wildman–Crippen LogP) is 1.22. The molecule has 1 amide bonds. The lowest BCUT2D eigenvalue weighted by atomic mass is 10.2. The SMILES string of the molecule is COc1cc(C(=O)NN2CCOCC2)nc2ccccc12.